The molecule has 7 heavy (non-hydrogen) atoms. The van der Waals surface area contributed by atoms with Gasteiger partial charge in [-0.2, -0.15) is 8.42 Å². The standard InChI is InChI=1S/CH4O4S.Na/c1-6(3,4)5-2;/h2H,1H3;. The van der Waals surface area contributed by atoms with Crippen molar-refractivity contribution in [3.63, 3.8) is 0 Å². The monoisotopic (exact) mass is 135 g/mol. The molecule has 0 aromatic rings. The Labute approximate surface area is 63.8 Å². The quantitative estimate of drug-likeness (QED) is 0.286. The zero-order valence-corrected chi connectivity index (χ0v) is 6.90. The maximum Gasteiger partial charge on any atom is 0.290 e. The minimum absolute atomic E-state index is 0. The first-order valence-corrected chi connectivity index (χ1v) is 2.91. The van der Waals surface area contributed by atoms with Gasteiger partial charge in [0.1, 0.15) is 0 Å². The van der Waals surface area contributed by atoms with E-state index in [2.05, 4.69) is 4.33 Å². The maximum atomic E-state index is 9.53. The van der Waals surface area contributed by atoms with Crippen LogP contribution in [0.1, 0.15) is 0 Å². The Bertz CT molecular complexity index is 114. The molecule has 0 heterocycles. The summed E-state index contributed by atoms with van der Waals surface area (Å²) in [6.07, 6.45) is 0.743. The van der Waals surface area contributed by atoms with Gasteiger partial charge in [-0.1, -0.05) is 0 Å². The molecule has 0 spiro atoms. The van der Waals surface area contributed by atoms with Crippen LogP contribution in [0.25, 0.3) is 0 Å². The van der Waals surface area contributed by atoms with E-state index in [0.29, 0.717) is 0 Å². The van der Waals surface area contributed by atoms with Gasteiger partial charge in [-0.05, 0) is 0 Å². The van der Waals surface area contributed by atoms with E-state index in [0.717, 1.165) is 6.26 Å². The number of hydrogen-bond donors (Lipinski definition) is 1. The van der Waals surface area contributed by atoms with Crippen LogP contribution in [-0.2, 0) is 14.5 Å². The maximum absolute atomic E-state index is 9.53. The van der Waals surface area contributed by atoms with Gasteiger partial charge in [0.05, 0.1) is 6.26 Å². The van der Waals surface area contributed by atoms with Crippen molar-refractivity contribution in [2.24, 2.45) is 0 Å². The second-order valence-corrected chi connectivity index (χ2v) is 2.34. The molecule has 0 fully saturated rings. The molecule has 0 aliphatic heterocycles. The predicted octanol–water partition coefficient (Wildman–Crippen LogP) is -0.945. The van der Waals surface area contributed by atoms with Crippen molar-refractivity contribution in [1.82, 2.24) is 0 Å². The summed E-state index contributed by atoms with van der Waals surface area (Å²) in [5.41, 5.74) is 0. The van der Waals surface area contributed by atoms with Crippen LogP contribution >= 0.6 is 0 Å². The predicted molar refractivity (Wildman–Crippen MR) is 24.3 cm³/mol. The summed E-state index contributed by atoms with van der Waals surface area (Å²) in [7, 11) is -3.61. The van der Waals surface area contributed by atoms with Gasteiger partial charge >= 0.3 is 0 Å². The smallest absolute Gasteiger partial charge is 0.235 e. The zero-order valence-electron chi connectivity index (χ0n) is 4.08. The first-order valence-electron chi connectivity index (χ1n) is 1.09. The molecule has 0 amide bonds. The minimum atomic E-state index is -3.61. The van der Waals surface area contributed by atoms with E-state index in [-0.39, 0.29) is 29.6 Å². The first-order chi connectivity index (χ1) is 2.56. The molecule has 0 aromatic carbocycles. The van der Waals surface area contributed by atoms with Gasteiger partial charge < -0.3 is 0 Å². The second kappa shape index (κ2) is 3.82. The molecule has 0 aliphatic rings. The molecule has 39 valence electrons. The molecule has 4 nitrogen and oxygen atoms in total. The third-order valence-corrected chi connectivity index (χ3v) is 0.406. The second-order valence-electron chi connectivity index (χ2n) is 0.779. The summed E-state index contributed by atoms with van der Waals surface area (Å²) < 4.78 is 22.0. The SMILES string of the molecule is CS(=O)(=O)OO.[Na]. The van der Waals surface area contributed by atoms with E-state index in [1.807, 2.05) is 0 Å². The number of hydrogen-bond acceptors (Lipinski definition) is 4. The normalized spacial score (nSPS) is 10.0. The van der Waals surface area contributed by atoms with Gasteiger partial charge in [0.2, 0.25) is 0 Å². The van der Waals surface area contributed by atoms with Crippen LogP contribution < -0.4 is 0 Å². The molecular formula is CH4NaO4S. The van der Waals surface area contributed by atoms with E-state index in [4.69, 9.17) is 5.26 Å². The Hall–Kier alpha value is 0.870. The molecule has 0 bridgehead atoms. The molecule has 0 atom stereocenters. The van der Waals surface area contributed by atoms with E-state index in [1.54, 1.807) is 0 Å². The fraction of sp³-hybridized carbons (Fsp3) is 1.00. The Kier molecular flexibility index (Phi) is 5.89. The molecule has 0 saturated carbocycles. The van der Waals surface area contributed by atoms with Crippen LogP contribution in [0.5, 0.6) is 0 Å². The molecule has 0 saturated heterocycles. The van der Waals surface area contributed by atoms with E-state index >= 15 is 0 Å². The van der Waals surface area contributed by atoms with Gasteiger partial charge in [0.25, 0.3) is 10.1 Å². The fourth-order valence-electron chi connectivity index (χ4n) is 0. The molecule has 0 unspecified atom stereocenters. The van der Waals surface area contributed by atoms with Crippen molar-refractivity contribution < 1.29 is 18.0 Å². The Morgan fingerprint density at radius 3 is 1.71 bits per heavy atom. The average Bonchev–Trinajstić information content (AvgIpc) is 1.35. The van der Waals surface area contributed by atoms with Crippen LogP contribution in [0, 0.1) is 0 Å². The van der Waals surface area contributed by atoms with Gasteiger partial charge in [-0.25, -0.2) is 5.26 Å². The van der Waals surface area contributed by atoms with Crippen molar-refractivity contribution in [3.05, 3.63) is 0 Å². The Morgan fingerprint density at radius 1 is 1.57 bits per heavy atom. The molecular weight excluding hydrogens is 131 g/mol. The Balaban J connectivity index is 0. The van der Waals surface area contributed by atoms with Crippen molar-refractivity contribution in [1.29, 1.82) is 0 Å². The minimum Gasteiger partial charge on any atom is -0.235 e. The number of rotatable bonds is 1. The summed E-state index contributed by atoms with van der Waals surface area (Å²) in [6.45, 7) is 0. The van der Waals surface area contributed by atoms with Gasteiger partial charge in [-0.3, -0.25) is 0 Å². The largest absolute Gasteiger partial charge is 0.290 e. The summed E-state index contributed by atoms with van der Waals surface area (Å²) in [4.78, 5) is 0. The van der Waals surface area contributed by atoms with Crippen LogP contribution in [-0.4, -0.2) is 49.5 Å². The van der Waals surface area contributed by atoms with Crippen LogP contribution in [0.15, 0.2) is 0 Å². The van der Waals surface area contributed by atoms with Gasteiger partial charge in [0.15, 0.2) is 0 Å². The molecule has 6 heteroatoms. The van der Waals surface area contributed by atoms with Crippen molar-refractivity contribution >= 4 is 39.7 Å². The molecule has 0 rings (SSSR count). The zero-order chi connectivity index (χ0) is 5.21. The summed E-state index contributed by atoms with van der Waals surface area (Å²) in [6, 6.07) is 0. The fourth-order valence-corrected chi connectivity index (χ4v) is 0. The van der Waals surface area contributed by atoms with Gasteiger partial charge in [-0.15, -0.1) is 4.33 Å². The van der Waals surface area contributed by atoms with Crippen molar-refractivity contribution in [2.75, 3.05) is 6.26 Å². The average molecular weight is 135 g/mol. The van der Waals surface area contributed by atoms with E-state index in [1.165, 1.54) is 0 Å². The van der Waals surface area contributed by atoms with Gasteiger partial charge in [0, 0.05) is 29.6 Å². The van der Waals surface area contributed by atoms with Crippen LogP contribution in [0.4, 0.5) is 0 Å². The topological polar surface area (TPSA) is 63.6 Å². The molecule has 0 aromatic heterocycles. The molecule has 1 radical (unpaired) electrons. The summed E-state index contributed by atoms with van der Waals surface area (Å²) in [5.74, 6) is 0. The van der Waals surface area contributed by atoms with E-state index in [9.17, 15) is 8.42 Å². The van der Waals surface area contributed by atoms with Crippen molar-refractivity contribution in [3.8, 4) is 0 Å². The Morgan fingerprint density at radius 2 is 1.71 bits per heavy atom. The third kappa shape index (κ3) is 10.9. The molecule has 1 N–H and O–H groups in total. The van der Waals surface area contributed by atoms with Crippen LogP contribution in [0.2, 0.25) is 0 Å². The molecule has 0 aliphatic carbocycles. The van der Waals surface area contributed by atoms with E-state index < -0.39 is 10.1 Å². The third-order valence-electron chi connectivity index (χ3n) is 0.135. The van der Waals surface area contributed by atoms with Crippen molar-refractivity contribution in [2.45, 2.75) is 0 Å². The van der Waals surface area contributed by atoms with Crippen LogP contribution in [0.3, 0.4) is 0 Å². The first kappa shape index (κ1) is 10.8. The summed E-state index contributed by atoms with van der Waals surface area (Å²) in [5, 5.41) is 7.31. The summed E-state index contributed by atoms with van der Waals surface area (Å²) >= 11 is 0.